The highest BCUT2D eigenvalue weighted by atomic mass is 35.5. The third kappa shape index (κ3) is 4.94. The Balaban J connectivity index is 0.00000280. The first-order valence-corrected chi connectivity index (χ1v) is 9.96. The molecule has 1 aromatic heterocycles. The van der Waals surface area contributed by atoms with Gasteiger partial charge in [0.05, 0.1) is 24.8 Å². The zero-order valence-corrected chi connectivity index (χ0v) is 17.8. The number of amides is 3. The zero-order valence-electron chi connectivity index (χ0n) is 17.0. The number of halogens is 1. The van der Waals surface area contributed by atoms with E-state index in [1.54, 1.807) is 11.9 Å². The van der Waals surface area contributed by atoms with Crippen LogP contribution >= 0.6 is 12.4 Å². The van der Waals surface area contributed by atoms with E-state index in [-0.39, 0.29) is 36.4 Å². The van der Waals surface area contributed by atoms with E-state index in [1.165, 1.54) is 0 Å². The van der Waals surface area contributed by atoms with Crippen molar-refractivity contribution in [1.29, 1.82) is 0 Å². The minimum Gasteiger partial charge on any atom is -0.342 e. The highest BCUT2D eigenvalue weighted by Crippen LogP contribution is 2.21. The summed E-state index contributed by atoms with van der Waals surface area (Å²) in [6.45, 7) is 8.26. The minimum absolute atomic E-state index is 0. The number of carbonyl (C=O) groups is 2. The molecule has 2 saturated heterocycles. The Morgan fingerprint density at radius 2 is 1.93 bits per heavy atom. The van der Waals surface area contributed by atoms with Crippen molar-refractivity contribution in [3.05, 3.63) is 11.9 Å². The van der Waals surface area contributed by atoms with Crippen molar-refractivity contribution in [2.24, 2.45) is 0 Å². The van der Waals surface area contributed by atoms with E-state index in [0.29, 0.717) is 19.5 Å². The summed E-state index contributed by atoms with van der Waals surface area (Å²) in [6.07, 6.45) is 4.76. The third-order valence-electron chi connectivity index (χ3n) is 5.52. The molecule has 9 nitrogen and oxygen atoms in total. The van der Waals surface area contributed by atoms with Gasteiger partial charge in [0.1, 0.15) is 5.69 Å². The molecule has 2 aliphatic heterocycles. The van der Waals surface area contributed by atoms with Crippen molar-refractivity contribution in [1.82, 2.24) is 35.0 Å². The number of hydrogen-bond donors (Lipinski definition) is 1. The van der Waals surface area contributed by atoms with Crippen LogP contribution in [0.2, 0.25) is 0 Å². The lowest BCUT2D eigenvalue weighted by molar-refractivity contribution is -0.132. The van der Waals surface area contributed by atoms with Gasteiger partial charge in [0, 0.05) is 39.8 Å². The fraction of sp³-hybridized carbons (Fsp3) is 0.778. The second kappa shape index (κ2) is 10.1. The minimum atomic E-state index is -0.165. The van der Waals surface area contributed by atoms with Gasteiger partial charge in [-0.2, -0.15) is 0 Å². The summed E-state index contributed by atoms with van der Waals surface area (Å²) in [5.74, 6) is 0.152. The van der Waals surface area contributed by atoms with Crippen LogP contribution in [0.5, 0.6) is 0 Å². The van der Waals surface area contributed by atoms with Crippen molar-refractivity contribution in [2.45, 2.75) is 51.7 Å². The second-order valence-electron chi connectivity index (χ2n) is 7.38. The molecule has 2 atom stereocenters. The van der Waals surface area contributed by atoms with Gasteiger partial charge >= 0.3 is 6.03 Å². The summed E-state index contributed by atoms with van der Waals surface area (Å²) in [5, 5.41) is 11.8. The Hall–Kier alpha value is -1.87. The van der Waals surface area contributed by atoms with Crippen molar-refractivity contribution < 1.29 is 9.59 Å². The summed E-state index contributed by atoms with van der Waals surface area (Å²) in [6, 6.07) is -0.00761. The first-order chi connectivity index (χ1) is 13.0. The van der Waals surface area contributed by atoms with Crippen LogP contribution in [0, 0.1) is 0 Å². The van der Waals surface area contributed by atoms with E-state index >= 15 is 0 Å². The Labute approximate surface area is 172 Å². The van der Waals surface area contributed by atoms with Crippen LogP contribution in [0.25, 0.3) is 0 Å². The average molecular weight is 414 g/mol. The number of hydrogen-bond acceptors (Lipinski definition) is 5. The SMILES string of the molecule is CCN(CC)C(=O)[C@@H]1C[C@H](n2cc(CN(C)C(=O)N3CCCC3)nn2)CN1.Cl. The summed E-state index contributed by atoms with van der Waals surface area (Å²) in [7, 11) is 1.80. The van der Waals surface area contributed by atoms with E-state index in [4.69, 9.17) is 0 Å². The van der Waals surface area contributed by atoms with Crippen molar-refractivity contribution >= 4 is 24.3 Å². The highest BCUT2D eigenvalue weighted by molar-refractivity contribution is 5.85. The summed E-state index contributed by atoms with van der Waals surface area (Å²) in [5.41, 5.74) is 0.767. The summed E-state index contributed by atoms with van der Waals surface area (Å²) in [4.78, 5) is 30.3. The second-order valence-corrected chi connectivity index (χ2v) is 7.38. The van der Waals surface area contributed by atoms with Gasteiger partial charge in [-0.3, -0.25) is 4.79 Å². The summed E-state index contributed by atoms with van der Waals surface area (Å²) >= 11 is 0. The number of carbonyl (C=O) groups excluding carboxylic acids is 2. The van der Waals surface area contributed by atoms with Crippen molar-refractivity contribution in [3.8, 4) is 0 Å². The van der Waals surface area contributed by atoms with Crippen LogP contribution in [-0.4, -0.2) is 87.4 Å². The normalized spacial score (nSPS) is 21.5. The molecule has 2 fully saturated rings. The maximum atomic E-state index is 12.5. The number of nitrogens with zero attached hydrogens (tertiary/aromatic N) is 6. The molecule has 3 rings (SSSR count). The van der Waals surface area contributed by atoms with E-state index in [1.807, 2.05) is 34.5 Å². The monoisotopic (exact) mass is 413 g/mol. The van der Waals surface area contributed by atoms with Gasteiger partial charge in [-0.05, 0) is 33.1 Å². The molecule has 3 amide bonds. The first-order valence-electron chi connectivity index (χ1n) is 9.96. The van der Waals surface area contributed by atoms with Crippen LogP contribution in [0.15, 0.2) is 6.20 Å². The molecule has 0 spiro atoms. The molecule has 0 aromatic carbocycles. The quantitative estimate of drug-likeness (QED) is 0.755. The van der Waals surface area contributed by atoms with Crippen LogP contribution in [0.3, 0.4) is 0 Å². The first kappa shape index (κ1) is 22.4. The van der Waals surface area contributed by atoms with E-state index < -0.39 is 0 Å². The van der Waals surface area contributed by atoms with Gasteiger partial charge in [-0.15, -0.1) is 17.5 Å². The number of likely N-dealkylation sites (tertiary alicyclic amines) is 1. The lowest BCUT2D eigenvalue weighted by atomic mass is 10.1. The number of likely N-dealkylation sites (N-methyl/N-ethyl adjacent to an activating group) is 1. The Morgan fingerprint density at radius 1 is 1.25 bits per heavy atom. The molecule has 0 unspecified atom stereocenters. The van der Waals surface area contributed by atoms with Crippen molar-refractivity contribution in [3.63, 3.8) is 0 Å². The van der Waals surface area contributed by atoms with Crippen LogP contribution < -0.4 is 5.32 Å². The van der Waals surface area contributed by atoms with Gasteiger partial charge < -0.3 is 20.0 Å². The predicted molar refractivity (Wildman–Crippen MR) is 108 cm³/mol. The molecule has 1 aromatic rings. The Morgan fingerprint density at radius 3 is 2.57 bits per heavy atom. The Kier molecular flexibility index (Phi) is 8.06. The molecule has 10 heteroatoms. The van der Waals surface area contributed by atoms with E-state index in [0.717, 1.165) is 44.7 Å². The van der Waals surface area contributed by atoms with Crippen LogP contribution in [0.4, 0.5) is 4.79 Å². The van der Waals surface area contributed by atoms with Gasteiger partial charge in [-0.25, -0.2) is 9.48 Å². The number of aromatic nitrogens is 3. The average Bonchev–Trinajstić information content (AvgIpc) is 3.42. The molecule has 0 aliphatic carbocycles. The van der Waals surface area contributed by atoms with Gasteiger partial charge in [-0.1, -0.05) is 5.21 Å². The smallest absolute Gasteiger partial charge is 0.320 e. The number of rotatable bonds is 6. The molecule has 3 heterocycles. The fourth-order valence-corrected chi connectivity index (χ4v) is 3.89. The zero-order chi connectivity index (χ0) is 19.4. The predicted octanol–water partition coefficient (Wildman–Crippen LogP) is 1.12. The fourth-order valence-electron chi connectivity index (χ4n) is 3.89. The number of urea groups is 1. The lowest BCUT2D eigenvalue weighted by Crippen LogP contribution is -2.43. The van der Waals surface area contributed by atoms with Crippen LogP contribution in [-0.2, 0) is 11.3 Å². The van der Waals surface area contributed by atoms with Gasteiger partial charge in [0.15, 0.2) is 0 Å². The molecule has 28 heavy (non-hydrogen) atoms. The highest BCUT2D eigenvalue weighted by Gasteiger charge is 2.33. The standard InChI is InChI=1S/C18H31N7O2.ClH/c1-4-23(5-2)17(26)16-10-15(11-19-16)25-13-14(20-21-25)12-22(3)18(27)24-8-6-7-9-24;/h13,15-16,19H,4-12H2,1-3H3;1H/t15-,16-;/m0./s1. The largest absolute Gasteiger partial charge is 0.342 e. The maximum absolute atomic E-state index is 12.5. The van der Waals surface area contributed by atoms with E-state index in [2.05, 4.69) is 15.6 Å². The molecular formula is C18H32ClN7O2. The maximum Gasteiger partial charge on any atom is 0.320 e. The van der Waals surface area contributed by atoms with Gasteiger partial charge in [0.25, 0.3) is 0 Å². The van der Waals surface area contributed by atoms with E-state index in [9.17, 15) is 9.59 Å². The molecule has 0 saturated carbocycles. The lowest BCUT2D eigenvalue weighted by Gasteiger charge is -2.23. The summed E-state index contributed by atoms with van der Waals surface area (Å²) < 4.78 is 1.83. The Bertz CT molecular complexity index is 658. The molecule has 158 valence electrons. The molecular weight excluding hydrogens is 382 g/mol. The number of nitrogens with one attached hydrogen (secondary N) is 1. The van der Waals surface area contributed by atoms with Crippen molar-refractivity contribution in [2.75, 3.05) is 39.8 Å². The van der Waals surface area contributed by atoms with Crippen LogP contribution in [0.1, 0.15) is 44.8 Å². The molecule has 0 bridgehead atoms. The molecule has 0 radical (unpaired) electrons. The van der Waals surface area contributed by atoms with Gasteiger partial charge in [0.2, 0.25) is 5.91 Å². The topological polar surface area (TPSA) is 86.6 Å². The third-order valence-corrected chi connectivity index (χ3v) is 5.52. The molecule has 2 aliphatic rings. The molecule has 1 N–H and O–H groups in total.